The van der Waals surface area contributed by atoms with Gasteiger partial charge >= 0.3 is 5.97 Å². The van der Waals surface area contributed by atoms with Crippen LogP contribution in [0.3, 0.4) is 0 Å². The summed E-state index contributed by atoms with van der Waals surface area (Å²) in [7, 11) is 1.86. The molecule has 1 N–H and O–H groups in total. The average molecular weight is 450 g/mol. The van der Waals surface area contributed by atoms with Crippen LogP contribution >= 0.6 is 0 Å². The minimum absolute atomic E-state index is 0.0192. The fourth-order valence-electron chi connectivity index (χ4n) is 4.06. The number of aromatic nitrogens is 1. The molecule has 0 bridgehead atoms. The predicted molar refractivity (Wildman–Crippen MR) is 122 cm³/mol. The first-order chi connectivity index (χ1) is 16.0. The lowest BCUT2D eigenvalue weighted by atomic mass is 9.99. The molecule has 8 heteroatoms. The first-order valence-electron chi connectivity index (χ1n) is 11.1. The van der Waals surface area contributed by atoms with E-state index in [4.69, 9.17) is 9.15 Å². The number of aryl methyl sites for hydroxylation is 1. The topological polar surface area (TPSA) is 93.8 Å². The van der Waals surface area contributed by atoms with Crippen LogP contribution in [-0.2, 0) is 11.8 Å². The molecule has 1 saturated heterocycles. The maximum absolute atomic E-state index is 13.0. The Morgan fingerprint density at radius 2 is 1.91 bits per heavy atom. The van der Waals surface area contributed by atoms with Gasteiger partial charge in [-0.3, -0.25) is 9.59 Å². The molecule has 0 aliphatic carbocycles. The fraction of sp³-hybridized carbons (Fsp3) is 0.320. The van der Waals surface area contributed by atoms with E-state index in [9.17, 15) is 14.4 Å². The number of carbonyl (C=O) groups is 3. The summed E-state index contributed by atoms with van der Waals surface area (Å²) in [5.74, 6) is -0.571. The van der Waals surface area contributed by atoms with E-state index >= 15 is 0 Å². The maximum atomic E-state index is 13.0. The molecule has 2 amide bonds. The number of ether oxygens (including phenoxy) is 1. The number of furan rings is 1. The molecule has 3 heterocycles. The normalized spacial score (nSPS) is 15.8. The zero-order chi connectivity index (χ0) is 23.2. The Kier molecular flexibility index (Phi) is 6.92. The van der Waals surface area contributed by atoms with Gasteiger partial charge in [-0.1, -0.05) is 0 Å². The number of hydrogen-bond acceptors (Lipinski definition) is 5. The molecular formula is C25H27N3O5. The highest BCUT2D eigenvalue weighted by Gasteiger charge is 2.28. The molecule has 33 heavy (non-hydrogen) atoms. The quantitative estimate of drug-likeness (QED) is 0.548. The number of nitrogens with zero attached hydrogens (tertiary/aromatic N) is 2. The largest absolute Gasteiger partial charge is 0.462 e. The zero-order valence-electron chi connectivity index (χ0n) is 18.5. The number of anilines is 1. The molecule has 2 aromatic heterocycles. The molecule has 172 valence electrons. The van der Waals surface area contributed by atoms with Crippen molar-refractivity contribution in [3.63, 3.8) is 0 Å². The zero-order valence-corrected chi connectivity index (χ0v) is 18.5. The van der Waals surface area contributed by atoms with Crippen molar-refractivity contribution in [3.8, 4) is 0 Å². The van der Waals surface area contributed by atoms with Gasteiger partial charge in [0.2, 0.25) is 0 Å². The van der Waals surface area contributed by atoms with E-state index in [2.05, 4.69) is 5.32 Å². The summed E-state index contributed by atoms with van der Waals surface area (Å²) in [5.41, 5.74) is 1.61. The molecule has 1 unspecified atom stereocenters. The van der Waals surface area contributed by atoms with Gasteiger partial charge < -0.3 is 23.9 Å². The van der Waals surface area contributed by atoms with E-state index in [0.717, 1.165) is 19.3 Å². The summed E-state index contributed by atoms with van der Waals surface area (Å²) in [6.45, 7) is 0.950. The molecule has 8 nitrogen and oxygen atoms in total. The van der Waals surface area contributed by atoms with Crippen molar-refractivity contribution in [1.29, 1.82) is 0 Å². The molecule has 1 aromatic carbocycles. The number of nitrogens with one attached hydrogen (secondary N) is 1. The summed E-state index contributed by atoms with van der Waals surface area (Å²) in [5, 5.41) is 2.70. The van der Waals surface area contributed by atoms with Gasteiger partial charge in [0.05, 0.1) is 18.4 Å². The Morgan fingerprint density at radius 3 is 2.61 bits per heavy atom. The third-order valence-corrected chi connectivity index (χ3v) is 5.86. The second-order valence-corrected chi connectivity index (χ2v) is 8.09. The average Bonchev–Trinajstić information content (AvgIpc) is 3.51. The lowest BCUT2D eigenvalue weighted by Gasteiger charge is -2.35. The van der Waals surface area contributed by atoms with Crippen molar-refractivity contribution in [1.82, 2.24) is 9.47 Å². The molecule has 0 radical (unpaired) electrons. The highest BCUT2D eigenvalue weighted by molar-refractivity contribution is 6.02. The Bertz CT molecular complexity index is 1100. The van der Waals surface area contributed by atoms with E-state index in [1.165, 1.54) is 6.26 Å². The number of benzene rings is 1. The smallest absolute Gasteiger partial charge is 0.338 e. The molecule has 1 aliphatic heterocycles. The van der Waals surface area contributed by atoms with Crippen molar-refractivity contribution in [3.05, 3.63) is 78.0 Å². The van der Waals surface area contributed by atoms with Crippen molar-refractivity contribution >= 4 is 23.5 Å². The first-order valence-corrected chi connectivity index (χ1v) is 11.1. The van der Waals surface area contributed by atoms with Crippen molar-refractivity contribution in [2.75, 3.05) is 18.5 Å². The fourth-order valence-corrected chi connectivity index (χ4v) is 4.06. The van der Waals surface area contributed by atoms with Gasteiger partial charge in [0, 0.05) is 37.9 Å². The highest BCUT2D eigenvalue weighted by Crippen LogP contribution is 2.22. The summed E-state index contributed by atoms with van der Waals surface area (Å²) < 4.78 is 12.4. The van der Waals surface area contributed by atoms with Crippen LogP contribution in [0.15, 0.2) is 65.4 Å². The van der Waals surface area contributed by atoms with Gasteiger partial charge in [0.15, 0.2) is 5.76 Å². The molecule has 0 spiro atoms. The van der Waals surface area contributed by atoms with E-state index in [1.54, 1.807) is 36.4 Å². The van der Waals surface area contributed by atoms with Crippen molar-refractivity contribution in [2.24, 2.45) is 7.05 Å². The van der Waals surface area contributed by atoms with Crippen LogP contribution in [-0.4, -0.2) is 46.4 Å². The van der Waals surface area contributed by atoms with Crippen LogP contribution < -0.4 is 5.32 Å². The molecule has 1 atom stereocenters. The number of amides is 2. The minimum Gasteiger partial charge on any atom is -0.462 e. The standard InChI is InChI=1S/C25H27N3O5/c1-27-14-4-7-21(27)24(30)28-15-3-2-6-20(28)13-17-33-25(31)18-9-11-19(12-10-18)26-23(29)22-8-5-16-32-22/h4-5,7-12,14,16,20H,2-3,6,13,15,17H2,1H3,(H,26,29). The van der Waals surface area contributed by atoms with Crippen LogP contribution in [0, 0.1) is 0 Å². The molecule has 0 saturated carbocycles. The van der Waals surface area contributed by atoms with Gasteiger partial charge in [-0.15, -0.1) is 0 Å². The van der Waals surface area contributed by atoms with Crippen LogP contribution in [0.2, 0.25) is 0 Å². The Hall–Kier alpha value is -3.81. The lowest BCUT2D eigenvalue weighted by molar-refractivity contribution is 0.0406. The summed E-state index contributed by atoms with van der Waals surface area (Å²) >= 11 is 0. The van der Waals surface area contributed by atoms with Crippen LogP contribution in [0.1, 0.15) is 57.1 Å². The van der Waals surface area contributed by atoms with E-state index < -0.39 is 5.97 Å². The van der Waals surface area contributed by atoms with Gasteiger partial charge in [-0.2, -0.15) is 0 Å². The molecule has 1 aliphatic rings. The van der Waals surface area contributed by atoms with E-state index in [-0.39, 0.29) is 30.2 Å². The number of piperidine rings is 1. The maximum Gasteiger partial charge on any atom is 0.338 e. The number of likely N-dealkylation sites (tertiary alicyclic amines) is 1. The van der Waals surface area contributed by atoms with Crippen molar-refractivity contribution < 1.29 is 23.5 Å². The van der Waals surface area contributed by atoms with Crippen LogP contribution in [0.4, 0.5) is 5.69 Å². The minimum atomic E-state index is -0.435. The predicted octanol–water partition coefficient (Wildman–Crippen LogP) is 4.11. The van der Waals surface area contributed by atoms with Gasteiger partial charge in [-0.25, -0.2) is 4.79 Å². The molecule has 4 rings (SSSR count). The highest BCUT2D eigenvalue weighted by atomic mass is 16.5. The first kappa shape index (κ1) is 22.4. The van der Waals surface area contributed by atoms with Gasteiger partial charge in [0.1, 0.15) is 5.69 Å². The molecule has 3 aromatic rings. The van der Waals surface area contributed by atoms with Crippen LogP contribution in [0.5, 0.6) is 0 Å². The third-order valence-electron chi connectivity index (χ3n) is 5.86. The summed E-state index contributed by atoms with van der Waals surface area (Å²) in [6.07, 6.45) is 6.83. The molecular weight excluding hydrogens is 422 g/mol. The number of carbonyl (C=O) groups excluding carboxylic acids is 3. The Morgan fingerprint density at radius 1 is 1.09 bits per heavy atom. The Balaban J connectivity index is 1.28. The lowest BCUT2D eigenvalue weighted by Crippen LogP contribution is -2.44. The SMILES string of the molecule is Cn1cccc1C(=O)N1CCCCC1CCOC(=O)c1ccc(NC(=O)c2ccco2)cc1. The van der Waals surface area contributed by atoms with E-state index in [1.807, 2.05) is 34.8 Å². The second-order valence-electron chi connectivity index (χ2n) is 8.09. The van der Waals surface area contributed by atoms with E-state index in [0.29, 0.717) is 29.9 Å². The number of rotatable bonds is 7. The van der Waals surface area contributed by atoms with Crippen LogP contribution in [0.25, 0.3) is 0 Å². The Labute approximate surface area is 192 Å². The summed E-state index contributed by atoms with van der Waals surface area (Å²) in [6, 6.07) is 13.4. The third kappa shape index (κ3) is 5.34. The second kappa shape index (κ2) is 10.2. The van der Waals surface area contributed by atoms with Crippen molar-refractivity contribution in [2.45, 2.75) is 31.7 Å². The number of esters is 1. The number of hydrogen-bond donors (Lipinski definition) is 1. The monoisotopic (exact) mass is 449 g/mol. The van der Waals surface area contributed by atoms with Gasteiger partial charge in [0.25, 0.3) is 11.8 Å². The molecule has 1 fully saturated rings. The van der Waals surface area contributed by atoms with Gasteiger partial charge in [-0.05, 0) is 67.8 Å². The summed E-state index contributed by atoms with van der Waals surface area (Å²) in [4.78, 5) is 39.3.